The average Bonchev–Trinajstić information content (AvgIpc) is 3.26. The second-order valence-electron chi connectivity index (χ2n) is 8.90. The summed E-state index contributed by atoms with van der Waals surface area (Å²) in [5.41, 5.74) is 2.22. The highest BCUT2D eigenvalue weighted by Crippen LogP contribution is 2.48. The van der Waals surface area contributed by atoms with E-state index in [0.717, 1.165) is 24.2 Å². The van der Waals surface area contributed by atoms with Gasteiger partial charge in [0.15, 0.2) is 0 Å². The number of hydroxylamine groups is 1. The van der Waals surface area contributed by atoms with Gasteiger partial charge in [0.05, 0.1) is 18.3 Å². The molecular formula is C28H27F2NO4. The fourth-order valence-corrected chi connectivity index (χ4v) is 4.70. The summed E-state index contributed by atoms with van der Waals surface area (Å²) in [6.07, 6.45) is 1.46. The number of nitrogens with zero attached hydrogens (tertiary/aromatic N) is 1. The summed E-state index contributed by atoms with van der Waals surface area (Å²) >= 11 is 0. The molecule has 0 aliphatic carbocycles. The molecule has 5 rings (SSSR count). The van der Waals surface area contributed by atoms with Crippen LogP contribution in [-0.4, -0.2) is 18.7 Å². The summed E-state index contributed by atoms with van der Waals surface area (Å²) in [6.45, 7) is 2.75. The maximum atomic E-state index is 13.6. The summed E-state index contributed by atoms with van der Waals surface area (Å²) < 4.78 is 38.6. The third kappa shape index (κ3) is 4.86. The normalized spacial score (nSPS) is 23.6. The third-order valence-electron chi connectivity index (χ3n) is 6.53. The Morgan fingerprint density at radius 3 is 2.20 bits per heavy atom. The van der Waals surface area contributed by atoms with Crippen molar-refractivity contribution in [2.45, 2.75) is 44.4 Å². The fourth-order valence-electron chi connectivity index (χ4n) is 4.70. The van der Waals surface area contributed by atoms with Crippen molar-refractivity contribution >= 4 is 11.7 Å². The molecule has 2 fully saturated rings. The molecule has 0 bridgehead atoms. The zero-order valence-corrected chi connectivity index (χ0v) is 19.4. The molecule has 0 N–H and O–H groups in total. The Bertz CT molecular complexity index is 1150. The number of esters is 1. The first kappa shape index (κ1) is 23.3. The van der Waals surface area contributed by atoms with E-state index < -0.39 is 24.2 Å². The highest BCUT2D eigenvalue weighted by Gasteiger charge is 2.53. The number of fused-ring (bicyclic) bond motifs is 1. The van der Waals surface area contributed by atoms with E-state index in [1.165, 1.54) is 24.3 Å². The molecule has 2 heterocycles. The molecule has 0 unspecified atom stereocenters. The van der Waals surface area contributed by atoms with Crippen LogP contribution in [0, 0.1) is 17.6 Å². The number of hydrogen-bond donors (Lipinski definition) is 0. The second kappa shape index (κ2) is 10.0. The SMILES string of the molecule is CCCCOc1ccc([C@@H]2[C@@H]3C(=O)O[C@@H](c4ccc(F)cc4)C[C@@H]3ON2c2ccc(F)cc2)cc1. The Morgan fingerprint density at radius 2 is 1.54 bits per heavy atom. The van der Waals surface area contributed by atoms with Gasteiger partial charge in [-0.15, -0.1) is 0 Å². The van der Waals surface area contributed by atoms with Gasteiger partial charge in [0.1, 0.15) is 35.5 Å². The van der Waals surface area contributed by atoms with Crippen molar-refractivity contribution < 1.29 is 27.9 Å². The molecule has 0 spiro atoms. The van der Waals surface area contributed by atoms with Crippen molar-refractivity contribution in [1.29, 1.82) is 0 Å². The summed E-state index contributed by atoms with van der Waals surface area (Å²) in [7, 11) is 0. The first-order valence-corrected chi connectivity index (χ1v) is 11.9. The van der Waals surface area contributed by atoms with Gasteiger partial charge < -0.3 is 9.47 Å². The molecule has 182 valence electrons. The quantitative estimate of drug-likeness (QED) is 0.294. The van der Waals surface area contributed by atoms with Crippen LogP contribution >= 0.6 is 0 Å². The minimum absolute atomic E-state index is 0.351. The van der Waals surface area contributed by atoms with E-state index in [-0.39, 0.29) is 17.6 Å². The van der Waals surface area contributed by atoms with Gasteiger partial charge in [-0.05, 0) is 66.1 Å². The van der Waals surface area contributed by atoms with Crippen LogP contribution in [0.4, 0.5) is 14.5 Å². The van der Waals surface area contributed by atoms with Gasteiger partial charge in [-0.2, -0.15) is 0 Å². The standard InChI is InChI=1S/C28H27F2NO4/c1-2-3-16-33-23-14-6-19(7-15-23)27-26-25(35-31(27)22-12-10-21(30)11-13-22)17-24(34-28(26)32)18-4-8-20(29)9-5-18/h4-15,24-27H,2-3,16-17H2,1H3/t24-,25+,26-,27-/m1/s1. The molecule has 4 atom stereocenters. The summed E-state index contributed by atoms with van der Waals surface area (Å²) in [6, 6.07) is 19.1. The van der Waals surface area contributed by atoms with Crippen LogP contribution < -0.4 is 9.80 Å². The maximum Gasteiger partial charge on any atom is 0.314 e. The van der Waals surface area contributed by atoms with Gasteiger partial charge >= 0.3 is 5.97 Å². The number of rotatable bonds is 7. The van der Waals surface area contributed by atoms with Crippen LogP contribution in [0.1, 0.15) is 49.5 Å². The third-order valence-corrected chi connectivity index (χ3v) is 6.53. The number of carbonyl (C=O) groups excluding carboxylic acids is 1. The molecule has 0 radical (unpaired) electrons. The van der Waals surface area contributed by atoms with Crippen LogP contribution in [0.2, 0.25) is 0 Å². The molecule has 7 heteroatoms. The van der Waals surface area contributed by atoms with Gasteiger partial charge in [0.2, 0.25) is 0 Å². The van der Waals surface area contributed by atoms with Gasteiger partial charge in [0.25, 0.3) is 0 Å². The molecule has 0 amide bonds. The zero-order valence-electron chi connectivity index (χ0n) is 19.4. The average molecular weight is 480 g/mol. The molecule has 3 aromatic rings. The zero-order chi connectivity index (χ0) is 24.4. The van der Waals surface area contributed by atoms with E-state index in [1.807, 2.05) is 24.3 Å². The number of hydrogen-bond acceptors (Lipinski definition) is 5. The molecule has 2 aliphatic rings. The number of ether oxygens (including phenoxy) is 2. The summed E-state index contributed by atoms with van der Waals surface area (Å²) in [4.78, 5) is 19.6. The van der Waals surface area contributed by atoms with E-state index in [2.05, 4.69) is 6.92 Å². The first-order chi connectivity index (χ1) is 17.0. The number of carbonyl (C=O) groups is 1. The minimum atomic E-state index is -0.580. The van der Waals surface area contributed by atoms with E-state index in [0.29, 0.717) is 24.3 Å². The van der Waals surface area contributed by atoms with Crippen LogP contribution in [0.3, 0.4) is 0 Å². The Hall–Kier alpha value is -3.45. The lowest BCUT2D eigenvalue weighted by molar-refractivity contribution is -0.167. The molecule has 0 saturated carbocycles. The van der Waals surface area contributed by atoms with E-state index in [9.17, 15) is 13.6 Å². The Balaban J connectivity index is 1.44. The number of halogens is 2. The lowest BCUT2D eigenvalue weighted by Crippen LogP contribution is -2.37. The van der Waals surface area contributed by atoms with Gasteiger partial charge in [0, 0.05) is 6.42 Å². The summed E-state index contributed by atoms with van der Waals surface area (Å²) in [5, 5.41) is 1.68. The molecule has 2 aliphatic heterocycles. The Morgan fingerprint density at radius 1 is 0.914 bits per heavy atom. The van der Waals surface area contributed by atoms with Crippen molar-refractivity contribution in [2.75, 3.05) is 11.7 Å². The number of cyclic esters (lactones) is 1. The monoisotopic (exact) mass is 479 g/mol. The lowest BCUT2D eigenvalue weighted by atomic mass is 9.84. The molecule has 3 aromatic carbocycles. The van der Waals surface area contributed by atoms with Gasteiger partial charge in [-0.25, -0.2) is 13.8 Å². The van der Waals surface area contributed by atoms with Crippen molar-refractivity contribution in [3.8, 4) is 5.75 Å². The molecule has 0 aromatic heterocycles. The number of benzene rings is 3. The van der Waals surface area contributed by atoms with Crippen molar-refractivity contribution in [1.82, 2.24) is 0 Å². The van der Waals surface area contributed by atoms with Crippen LogP contribution in [0.5, 0.6) is 5.75 Å². The predicted molar refractivity (Wildman–Crippen MR) is 127 cm³/mol. The van der Waals surface area contributed by atoms with E-state index in [4.69, 9.17) is 14.3 Å². The number of anilines is 1. The smallest absolute Gasteiger partial charge is 0.314 e. The van der Waals surface area contributed by atoms with Gasteiger partial charge in [-0.3, -0.25) is 9.63 Å². The van der Waals surface area contributed by atoms with E-state index in [1.54, 1.807) is 29.3 Å². The largest absolute Gasteiger partial charge is 0.494 e. The molecular weight excluding hydrogens is 452 g/mol. The summed E-state index contributed by atoms with van der Waals surface area (Å²) in [5.74, 6) is -0.910. The molecule has 35 heavy (non-hydrogen) atoms. The minimum Gasteiger partial charge on any atom is -0.494 e. The maximum absolute atomic E-state index is 13.6. The van der Waals surface area contributed by atoms with E-state index >= 15 is 0 Å². The topological polar surface area (TPSA) is 48.0 Å². The molecule has 2 saturated heterocycles. The highest BCUT2D eigenvalue weighted by molar-refractivity contribution is 5.77. The predicted octanol–water partition coefficient (Wildman–Crippen LogP) is 6.31. The fraction of sp³-hybridized carbons (Fsp3) is 0.321. The van der Waals surface area contributed by atoms with Crippen molar-refractivity contribution in [3.05, 3.63) is 95.6 Å². The molecule has 5 nitrogen and oxygen atoms in total. The Kier molecular flexibility index (Phi) is 6.68. The highest BCUT2D eigenvalue weighted by atomic mass is 19.1. The van der Waals surface area contributed by atoms with Gasteiger partial charge in [-0.1, -0.05) is 37.6 Å². The van der Waals surface area contributed by atoms with Crippen LogP contribution in [0.15, 0.2) is 72.8 Å². The van der Waals surface area contributed by atoms with Crippen LogP contribution in [-0.2, 0) is 14.4 Å². The second-order valence-corrected chi connectivity index (χ2v) is 8.90. The number of unbranched alkanes of at least 4 members (excludes halogenated alkanes) is 1. The lowest BCUT2D eigenvalue weighted by Gasteiger charge is -2.31. The van der Waals surface area contributed by atoms with Crippen LogP contribution in [0.25, 0.3) is 0 Å². The Labute approximate surface area is 203 Å². The van der Waals surface area contributed by atoms with Crippen molar-refractivity contribution in [3.63, 3.8) is 0 Å². The first-order valence-electron chi connectivity index (χ1n) is 11.9. The van der Waals surface area contributed by atoms with Crippen molar-refractivity contribution in [2.24, 2.45) is 5.92 Å².